The van der Waals surface area contributed by atoms with Gasteiger partial charge in [0, 0.05) is 32.6 Å². The van der Waals surface area contributed by atoms with Crippen LogP contribution < -0.4 is 10.6 Å². The molecule has 1 aromatic heterocycles. The minimum absolute atomic E-state index is 0.129. The second-order valence-electron chi connectivity index (χ2n) is 5.73. The Morgan fingerprint density at radius 1 is 1.43 bits per heavy atom. The molecule has 0 unspecified atom stereocenters. The molecule has 122 valence electrons. The van der Waals surface area contributed by atoms with Gasteiger partial charge >= 0.3 is 6.03 Å². The second kappa shape index (κ2) is 7.28. The molecule has 0 saturated carbocycles. The van der Waals surface area contributed by atoms with Crippen LogP contribution in [0.15, 0.2) is 42.7 Å². The topological polar surface area (TPSA) is 68.2 Å². The van der Waals surface area contributed by atoms with Crippen LogP contribution in [-0.4, -0.2) is 34.8 Å². The highest BCUT2D eigenvalue weighted by atomic mass is 16.5. The Balaban J connectivity index is 1.68. The van der Waals surface area contributed by atoms with Gasteiger partial charge in [0.15, 0.2) is 0 Å². The number of carbonyl (C=O) groups excluding carboxylic acids is 1. The predicted molar refractivity (Wildman–Crippen MR) is 87.0 cm³/mol. The Bertz CT molecular complexity index is 635. The van der Waals surface area contributed by atoms with Gasteiger partial charge in [-0.25, -0.2) is 9.78 Å². The zero-order valence-electron chi connectivity index (χ0n) is 13.2. The van der Waals surface area contributed by atoms with Crippen molar-refractivity contribution in [2.45, 2.75) is 25.0 Å². The molecule has 0 aliphatic carbocycles. The fourth-order valence-corrected chi connectivity index (χ4v) is 2.79. The van der Waals surface area contributed by atoms with Crippen molar-refractivity contribution in [2.24, 2.45) is 7.05 Å². The number of rotatable bonds is 5. The first-order valence-corrected chi connectivity index (χ1v) is 7.92. The molecule has 2 amide bonds. The number of hydrogen-bond donors (Lipinski definition) is 2. The number of amides is 2. The first-order chi connectivity index (χ1) is 11.2. The first kappa shape index (κ1) is 15.6. The summed E-state index contributed by atoms with van der Waals surface area (Å²) in [7, 11) is 1.92. The Morgan fingerprint density at radius 3 is 2.91 bits per heavy atom. The van der Waals surface area contributed by atoms with E-state index in [9.17, 15) is 4.79 Å². The summed E-state index contributed by atoms with van der Waals surface area (Å²) < 4.78 is 7.44. The summed E-state index contributed by atoms with van der Waals surface area (Å²) in [5.74, 6) is 0.795. The van der Waals surface area contributed by atoms with E-state index >= 15 is 0 Å². The number of aryl methyl sites for hydroxylation is 1. The van der Waals surface area contributed by atoms with Gasteiger partial charge in [-0.05, 0) is 18.4 Å². The Kier molecular flexibility index (Phi) is 4.92. The van der Waals surface area contributed by atoms with E-state index in [0.29, 0.717) is 6.54 Å². The summed E-state index contributed by atoms with van der Waals surface area (Å²) in [5.41, 5.74) is 0.995. The lowest BCUT2D eigenvalue weighted by molar-refractivity contribution is 0.111. The number of ether oxygens (including phenoxy) is 1. The molecular weight excluding hydrogens is 292 g/mol. The lowest BCUT2D eigenvalue weighted by Crippen LogP contribution is -2.42. The van der Waals surface area contributed by atoms with Gasteiger partial charge in [-0.15, -0.1) is 0 Å². The summed E-state index contributed by atoms with van der Waals surface area (Å²) in [4.78, 5) is 16.7. The molecule has 6 heteroatoms. The molecule has 2 aromatic rings. The van der Waals surface area contributed by atoms with Gasteiger partial charge in [0.25, 0.3) is 0 Å². The van der Waals surface area contributed by atoms with Crippen LogP contribution in [0.25, 0.3) is 0 Å². The molecule has 1 aromatic carbocycles. The number of benzene rings is 1. The number of imidazole rings is 1. The van der Waals surface area contributed by atoms with Gasteiger partial charge in [-0.2, -0.15) is 0 Å². The monoisotopic (exact) mass is 314 g/mol. The maximum atomic E-state index is 12.3. The summed E-state index contributed by atoms with van der Waals surface area (Å²) in [6.45, 7) is 1.32. The maximum Gasteiger partial charge on any atom is 0.315 e. The predicted octanol–water partition coefficient (Wildman–Crippen LogP) is 1.99. The third-order valence-corrected chi connectivity index (χ3v) is 4.04. The highest BCUT2D eigenvalue weighted by molar-refractivity contribution is 5.74. The molecular formula is C17H22N4O2. The zero-order valence-corrected chi connectivity index (χ0v) is 13.2. The quantitative estimate of drug-likeness (QED) is 0.887. The highest BCUT2D eigenvalue weighted by Gasteiger charge is 2.21. The van der Waals surface area contributed by atoms with Crippen LogP contribution in [0.3, 0.4) is 0 Å². The van der Waals surface area contributed by atoms with Crippen molar-refractivity contribution in [1.82, 2.24) is 20.2 Å². The number of urea groups is 1. The molecule has 1 aliphatic rings. The molecule has 2 atom stereocenters. The van der Waals surface area contributed by atoms with Crippen LogP contribution in [0.1, 0.15) is 30.3 Å². The van der Waals surface area contributed by atoms with Crippen molar-refractivity contribution in [3.8, 4) is 0 Å². The molecule has 6 nitrogen and oxygen atoms in total. The standard InChI is InChI=1S/C17H22N4O2/c1-21-10-9-18-16(21)15(13-6-3-2-4-7-13)20-17(22)19-12-14-8-5-11-23-14/h2-4,6-7,9-10,14-15H,5,8,11-12H2,1H3,(H2,19,20,22)/t14-,15+/m1/s1. The number of hydrogen-bond acceptors (Lipinski definition) is 3. The van der Waals surface area contributed by atoms with E-state index in [1.165, 1.54) is 0 Å². The average Bonchev–Trinajstić information content (AvgIpc) is 3.23. The van der Waals surface area contributed by atoms with Crippen molar-refractivity contribution in [1.29, 1.82) is 0 Å². The Labute approximate surface area is 135 Å². The number of nitrogens with one attached hydrogen (secondary N) is 2. The van der Waals surface area contributed by atoms with Crippen LogP contribution >= 0.6 is 0 Å². The van der Waals surface area contributed by atoms with E-state index in [2.05, 4.69) is 15.6 Å². The van der Waals surface area contributed by atoms with Crippen molar-refractivity contribution < 1.29 is 9.53 Å². The van der Waals surface area contributed by atoms with Gasteiger partial charge in [-0.1, -0.05) is 30.3 Å². The fourth-order valence-electron chi connectivity index (χ4n) is 2.79. The van der Waals surface area contributed by atoms with E-state index < -0.39 is 0 Å². The Morgan fingerprint density at radius 2 is 2.26 bits per heavy atom. The van der Waals surface area contributed by atoms with Crippen molar-refractivity contribution in [3.05, 3.63) is 54.1 Å². The zero-order chi connectivity index (χ0) is 16.1. The second-order valence-corrected chi connectivity index (χ2v) is 5.73. The third kappa shape index (κ3) is 3.90. The van der Waals surface area contributed by atoms with E-state index in [0.717, 1.165) is 30.8 Å². The van der Waals surface area contributed by atoms with E-state index in [-0.39, 0.29) is 18.2 Å². The first-order valence-electron chi connectivity index (χ1n) is 7.92. The molecule has 2 heterocycles. The summed E-state index contributed by atoms with van der Waals surface area (Å²) >= 11 is 0. The summed E-state index contributed by atoms with van der Waals surface area (Å²) in [6.07, 6.45) is 5.80. The third-order valence-electron chi connectivity index (χ3n) is 4.04. The summed E-state index contributed by atoms with van der Waals surface area (Å²) in [6, 6.07) is 9.34. The molecule has 0 radical (unpaired) electrons. The van der Waals surface area contributed by atoms with Gasteiger partial charge in [-0.3, -0.25) is 0 Å². The van der Waals surface area contributed by atoms with Gasteiger partial charge in [0.2, 0.25) is 0 Å². The van der Waals surface area contributed by atoms with Gasteiger partial charge in [0.05, 0.1) is 6.10 Å². The smallest absolute Gasteiger partial charge is 0.315 e. The molecule has 23 heavy (non-hydrogen) atoms. The summed E-state index contributed by atoms with van der Waals surface area (Å²) in [5, 5.41) is 5.91. The maximum absolute atomic E-state index is 12.3. The van der Waals surface area contributed by atoms with Crippen LogP contribution in [0.2, 0.25) is 0 Å². The van der Waals surface area contributed by atoms with Crippen LogP contribution in [0.4, 0.5) is 4.79 Å². The van der Waals surface area contributed by atoms with Crippen LogP contribution in [-0.2, 0) is 11.8 Å². The number of nitrogens with zero attached hydrogens (tertiary/aromatic N) is 2. The molecule has 1 aliphatic heterocycles. The lowest BCUT2D eigenvalue weighted by atomic mass is 10.1. The van der Waals surface area contributed by atoms with Crippen LogP contribution in [0.5, 0.6) is 0 Å². The van der Waals surface area contributed by atoms with Crippen molar-refractivity contribution in [3.63, 3.8) is 0 Å². The van der Waals surface area contributed by atoms with Gasteiger partial charge in [0.1, 0.15) is 11.9 Å². The average molecular weight is 314 g/mol. The highest BCUT2D eigenvalue weighted by Crippen LogP contribution is 2.20. The molecule has 0 spiro atoms. The van der Waals surface area contributed by atoms with Crippen molar-refractivity contribution >= 4 is 6.03 Å². The fraction of sp³-hybridized carbons (Fsp3) is 0.412. The molecule has 2 N–H and O–H groups in total. The van der Waals surface area contributed by atoms with E-state index in [4.69, 9.17) is 4.74 Å². The minimum Gasteiger partial charge on any atom is -0.376 e. The van der Waals surface area contributed by atoms with Crippen LogP contribution in [0, 0.1) is 0 Å². The van der Waals surface area contributed by atoms with Crippen molar-refractivity contribution in [2.75, 3.05) is 13.2 Å². The Hall–Kier alpha value is -2.34. The molecule has 0 bridgehead atoms. The van der Waals surface area contributed by atoms with Gasteiger partial charge < -0.3 is 19.9 Å². The normalized spacial score (nSPS) is 18.6. The molecule has 1 saturated heterocycles. The minimum atomic E-state index is -0.291. The lowest BCUT2D eigenvalue weighted by Gasteiger charge is -2.20. The largest absolute Gasteiger partial charge is 0.376 e. The molecule has 3 rings (SSSR count). The van der Waals surface area contributed by atoms with E-state index in [1.54, 1.807) is 6.20 Å². The number of carbonyl (C=O) groups is 1. The number of aromatic nitrogens is 2. The molecule has 1 fully saturated rings. The SMILES string of the molecule is Cn1ccnc1[C@@H](NC(=O)NC[C@H]1CCCO1)c1ccccc1. The van der Waals surface area contributed by atoms with E-state index in [1.807, 2.05) is 48.1 Å².